The molecule has 2 fully saturated rings. The van der Waals surface area contributed by atoms with Crippen molar-refractivity contribution < 1.29 is 0 Å². The molecular weight excluding hydrogens is 172 g/mol. The molecule has 2 heteroatoms. The minimum atomic E-state index is 0.446. The Morgan fingerprint density at radius 2 is 1.21 bits per heavy atom. The number of rotatable bonds is 0. The van der Waals surface area contributed by atoms with Crippen LogP contribution in [0, 0.1) is 11.8 Å². The van der Waals surface area contributed by atoms with Crippen LogP contribution < -0.4 is 11.5 Å². The SMILES string of the molecule is NC1CCC[C@H]2CCC[C@@H](CC1)C2N. The van der Waals surface area contributed by atoms with Gasteiger partial charge in [-0.3, -0.25) is 0 Å². The maximum atomic E-state index is 6.33. The molecule has 0 aromatic carbocycles. The summed E-state index contributed by atoms with van der Waals surface area (Å²) in [5, 5.41) is 0. The summed E-state index contributed by atoms with van der Waals surface area (Å²) in [5.41, 5.74) is 12.4. The minimum absolute atomic E-state index is 0.446. The van der Waals surface area contributed by atoms with Crippen molar-refractivity contribution in [1.82, 2.24) is 0 Å². The highest BCUT2D eigenvalue weighted by atomic mass is 14.7. The zero-order valence-electron chi connectivity index (χ0n) is 9.12. The molecule has 14 heavy (non-hydrogen) atoms. The highest BCUT2D eigenvalue weighted by Gasteiger charge is 2.31. The third-order valence-electron chi connectivity index (χ3n) is 4.30. The molecule has 2 nitrogen and oxygen atoms in total. The van der Waals surface area contributed by atoms with Crippen LogP contribution in [0.5, 0.6) is 0 Å². The van der Waals surface area contributed by atoms with E-state index in [9.17, 15) is 0 Å². The average molecular weight is 196 g/mol. The summed E-state index contributed by atoms with van der Waals surface area (Å²) in [6.07, 6.45) is 10.4. The van der Waals surface area contributed by atoms with E-state index in [0.29, 0.717) is 12.1 Å². The lowest BCUT2D eigenvalue weighted by Gasteiger charge is -2.35. The molecule has 2 bridgehead atoms. The molecule has 0 amide bonds. The van der Waals surface area contributed by atoms with Crippen molar-refractivity contribution in [3.8, 4) is 0 Å². The van der Waals surface area contributed by atoms with Gasteiger partial charge in [0.05, 0.1) is 0 Å². The van der Waals surface area contributed by atoms with Crippen LogP contribution in [0.3, 0.4) is 0 Å². The van der Waals surface area contributed by atoms with Crippen LogP contribution in [0.2, 0.25) is 0 Å². The maximum absolute atomic E-state index is 6.33. The van der Waals surface area contributed by atoms with Crippen molar-refractivity contribution in [2.45, 2.75) is 63.5 Å². The van der Waals surface area contributed by atoms with Gasteiger partial charge < -0.3 is 11.5 Å². The van der Waals surface area contributed by atoms with Gasteiger partial charge >= 0.3 is 0 Å². The largest absolute Gasteiger partial charge is 0.328 e. The van der Waals surface area contributed by atoms with Gasteiger partial charge in [-0.25, -0.2) is 0 Å². The van der Waals surface area contributed by atoms with Crippen LogP contribution in [0.25, 0.3) is 0 Å². The minimum Gasteiger partial charge on any atom is -0.328 e. The molecule has 4 atom stereocenters. The second-order valence-corrected chi connectivity index (χ2v) is 5.30. The lowest BCUT2D eigenvalue weighted by molar-refractivity contribution is 0.202. The van der Waals surface area contributed by atoms with Crippen molar-refractivity contribution in [3.05, 3.63) is 0 Å². The Morgan fingerprint density at radius 1 is 0.643 bits per heavy atom. The first kappa shape index (κ1) is 10.4. The van der Waals surface area contributed by atoms with Gasteiger partial charge in [-0.05, 0) is 50.4 Å². The van der Waals surface area contributed by atoms with E-state index in [2.05, 4.69) is 0 Å². The zero-order valence-corrected chi connectivity index (χ0v) is 9.12. The third-order valence-corrected chi connectivity index (χ3v) is 4.30. The van der Waals surface area contributed by atoms with Gasteiger partial charge in [0.2, 0.25) is 0 Å². The summed E-state index contributed by atoms with van der Waals surface area (Å²) in [4.78, 5) is 0. The van der Waals surface area contributed by atoms with E-state index in [4.69, 9.17) is 11.5 Å². The topological polar surface area (TPSA) is 52.0 Å². The lowest BCUT2D eigenvalue weighted by atomic mass is 9.74. The summed E-state index contributed by atoms with van der Waals surface area (Å²) in [6.45, 7) is 0. The van der Waals surface area contributed by atoms with Crippen molar-refractivity contribution in [3.63, 3.8) is 0 Å². The van der Waals surface area contributed by atoms with E-state index in [1.807, 2.05) is 0 Å². The summed E-state index contributed by atoms with van der Waals surface area (Å²) >= 11 is 0. The molecule has 0 aromatic heterocycles. The standard InChI is InChI=1S/C12H24N2/c13-11-6-2-5-9-3-1-4-10(7-8-11)12(9)14/h9-12H,1-8,13-14H2/t9-,10+,11?,12?/m1/s1. The molecule has 0 radical (unpaired) electrons. The van der Waals surface area contributed by atoms with Gasteiger partial charge in [-0.15, -0.1) is 0 Å². The molecule has 2 unspecified atom stereocenters. The Hall–Kier alpha value is -0.0800. The smallest absolute Gasteiger partial charge is 0.00956 e. The second-order valence-electron chi connectivity index (χ2n) is 5.30. The third kappa shape index (κ3) is 2.29. The first-order valence-corrected chi connectivity index (χ1v) is 6.28. The van der Waals surface area contributed by atoms with Crippen LogP contribution in [0.4, 0.5) is 0 Å². The van der Waals surface area contributed by atoms with Gasteiger partial charge in [0, 0.05) is 12.1 Å². The Balaban J connectivity index is 2.00. The van der Waals surface area contributed by atoms with Crippen LogP contribution >= 0.6 is 0 Å². The molecule has 2 aliphatic rings. The van der Waals surface area contributed by atoms with Crippen LogP contribution in [0.15, 0.2) is 0 Å². The first-order chi connectivity index (χ1) is 6.77. The highest BCUT2D eigenvalue weighted by Crippen LogP contribution is 2.35. The van der Waals surface area contributed by atoms with E-state index in [1.165, 1.54) is 51.4 Å². The summed E-state index contributed by atoms with van der Waals surface area (Å²) in [5.74, 6) is 1.58. The molecule has 2 aliphatic carbocycles. The quantitative estimate of drug-likeness (QED) is 0.623. The monoisotopic (exact) mass is 196 g/mol. The number of fused-ring (bicyclic) bond motifs is 2. The maximum Gasteiger partial charge on any atom is 0.00956 e. The van der Waals surface area contributed by atoms with Gasteiger partial charge in [-0.2, -0.15) is 0 Å². The van der Waals surface area contributed by atoms with E-state index >= 15 is 0 Å². The molecule has 0 aliphatic heterocycles. The Bertz CT molecular complexity index is 181. The molecule has 2 rings (SSSR count). The second kappa shape index (κ2) is 4.63. The van der Waals surface area contributed by atoms with E-state index in [0.717, 1.165) is 11.8 Å². The van der Waals surface area contributed by atoms with Gasteiger partial charge in [0.25, 0.3) is 0 Å². The average Bonchev–Trinajstić information content (AvgIpc) is 2.23. The predicted octanol–water partition coefficient (Wildman–Crippen LogP) is 2.02. The fraction of sp³-hybridized carbons (Fsp3) is 1.00. The van der Waals surface area contributed by atoms with E-state index in [-0.39, 0.29) is 0 Å². The molecule has 0 heterocycles. The number of hydrogen-bond donors (Lipinski definition) is 2. The summed E-state index contributed by atoms with van der Waals surface area (Å²) in [7, 11) is 0. The van der Waals surface area contributed by atoms with Gasteiger partial charge in [0.15, 0.2) is 0 Å². The van der Waals surface area contributed by atoms with Crippen molar-refractivity contribution >= 4 is 0 Å². The van der Waals surface area contributed by atoms with Crippen LogP contribution in [0.1, 0.15) is 51.4 Å². The van der Waals surface area contributed by atoms with Gasteiger partial charge in [-0.1, -0.05) is 12.8 Å². The molecule has 4 N–H and O–H groups in total. The van der Waals surface area contributed by atoms with Crippen LogP contribution in [-0.2, 0) is 0 Å². The number of hydrogen-bond acceptors (Lipinski definition) is 2. The fourth-order valence-electron chi connectivity index (χ4n) is 3.30. The summed E-state index contributed by atoms with van der Waals surface area (Å²) in [6, 6.07) is 0.926. The van der Waals surface area contributed by atoms with Crippen molar-refractivity contribution in [2.75, 3.05) is 0 Å². The molecule has 0 aromatic rings. The molecular formula is C12H24N2. The first-order valence-electron chi connectivity index (χ1n) is 6.28. The summed E-state index contributed by atoms with van der Waals surface area (Å²) < 4.78 is 0. The van der Waals surface area contributed by atoms with Gasteiger partial charge in [0.1, 0.15) is 0 Å². The van der Waals surface area contributed by atoms with Crippen LogP contribution in [-0.4, -0.2) is 12.1 Å². The lowest BCUT2D eigenvalue weighted by Crippen LogP contribution is -2.40. The Kier molecular flexibility index (Phi) is 3.45. The molecule has 2 saturated carbocycles. The zero-order chi connectivity index (χ0) is 9.97. The normalized spacial score (nSPS) is 45.0. The highest BCUT2D eigenvalue weighted by molar-refractivity contribution is 4.87. The molecule has 0 saturated heterocycles. The molecule has 82 valence electrons. The number of nitrogens with two attached hydrogens (primary N) is 2. The van der Waals surface area contributed by atoms with E-state index < -0.39 is 0 Å². The predicted molar refractivity (Wildman–Crippen MR) is 59.9 cm³/mol. The fourth-order valence-corrected chi connectivity index (χ4v) is 3.30. The Labute approximate surface area is 87.4 Å². The van der Waals surface area contributed by atoms with Crippen molar-refractivity contribution in [1.29, 1.82) is 0 Å². The van der Waals surface area contributed by atoms with Crippen molar-refractivity contribution in [2.24, 2.45) is 23.3 Å². The van der Waals surface area contributed by atoms with E-state index in [1.54, 1.807) is 0 Å². The Morgan fingerprint density at radius 3 is 1.93 bits per heavy atom. The molecule has 0 spiro atoms.